The number of hydrogen-bond acceptors (Lipinski definition) is 5. The Labute approximate surface area is 134 Å². The van der Waals surface area contributed by atoms with E-state index >= 15 is 0 Å². The third-order valence-corrected chi connectivity index (χ3v) is 2.70. The van der Waals surface area contributed by atoms with Crippen LogP contribution in [0.25, 0.3) is 0 Å². The molecule has 0 bridgehead atoms. The van der Waals surface area contributed by atoms with Gasteiger partial charge < -0.3 is 9.84 Å². The molecular formula is C16H20FNO5. The second-order valence-electron chi connectivity index (χ2n) is 5.21. The maximum Gasteiger partial charge on any atom is 0.373 e. The molecule has 1 rings (SSSR count). The second-order valence-corrected chi connectivity index (χ2v) is 5.21. The van der Waals surface area contributed by atoms with Crippen LogP contribution < -0.4 is 0 Å². The van der Waals surface area contributed by atoms with Crippen molar-refractivity contribution in [3.8, 4) is 0 Å². The number of hydroxylamine groups is 2. The lowest BCUT2D eigenvalue weighted by Crippen LogP contribution is -2.31. The first-order valence-corrected chi connectivity index (χ1v) is 7.01. The van der Waals surface area contributed by atoms with Crippen molar-refractivity contribution in [2.24, 2.45) is 5.92 Å². The molecule has 0 saturated heterocycles. The quantitative estimate of drug-likeness (QED) is 0.360. The summed E-state index contributed by atoms with van der Waals surface area (Å²) in [6, 6.07) is 5.56. The van der Waals surface area contributed by atoms with Crippen LogP contribution >= 0.6 is 0 Å². The number of hydrogen-bond donors (Lipinski definition) is 1. The van der Waals surface area contributed by atoms with Crippen LogP contribution in [0.4, 0.5) is 4.39 Å². The van der Waals surface area contributed by atoms with Gasteiger partial charge in [-0.05, 0) is 23.6 Å². The molecule has 1 N–H and O–H groups in total. The van der Waals surface area contributed by atoms with E-state index in [4.69, 9.17) is 4.84 Å². The predicted octanol–water partition coefficient (Wildman–Crippen LogP) is 2.36. The maximum atomic E-state index is 12.9. The Hall–Kier alpha value is -2.41. The van der Waals surface area contributed by atoms with Crippen molar-refractivity contribution in [3.05, 3.63) is 47.5 Å². The topological polar surface area (TPSA) is 76.1 Å². The molecule has 0 aromatic heterocycles. The van der Waals surface area contributed by atoms with Crippen LogP contribution in [0, 0.1) is 11.7 Å². The van der Waals surface area contributed by atoms with Gasteiger partial charge in [0, 0.05) is 0 Å². The summed E-state index contributed by atoms with van der Waals surface area (Å²) < 4.78 is 17.2. The highest BCUT2D eigenvalue weighted by molar-refractivity contribution is 5.96. The smallest absolute Gasteiger partial charge is 0.373 e. The molecule has 0 unspecified atom stereocenters. The van der Waals surface area contributed by atoms with Crippen molar-refractivity contribution in [3.63, 3.8) is 0 Å². The largest absolute Gasteiger partial charge is 0.502 e. The van der Waals surface area contributed by atoms with E-state index in [2.05, 4.69) is 4.74 Å². The number of aliphatic hydroxyl groups is 1. The molecule has 7 heteroatoms. The van der Waals surface area contributed by atoms with E-state index in [1.54, 1.807) is 0 Å². The highest BCUT2D eigenvalue weighted by Crippen LogP contribution is 2.10. The van der Waals surface area contributed by atoms with E-state index in [-0.39, 0.29) is 19.1 Å². The zero-order valence-electron chi connectivity index (χ0n) is 13.3. The number of ether oxygens (including phenoxy) is 1. The van der Waals surface area contributed by atoms with Crippen LogP contribution in [0.2, 0.25) is 0 Å². The van der Waals surface area contributed by atoms with Gasteiger partial charge in [-0.25, -0.2) is 14.2 Å². The number of aliphatic hydroxyl groups excluding tert-OH is 1. The van der Waals surface area contributed by atoms with Crippen LogP contribution in [0.3, 0.4) is 0 Å². The molecule has 1 aromatic carbocycles. The first-order valence-electron chi connectivity index (χ1n) is 7.01. The SMILES string of the molecule is COC(=O)C(O)=CC(=O)N(Cc1ccc(F)cc1)OCC(C)C. The molecule has 0 heterocycles. The molecule has 0 fully saturated rings. The first kappa shape index (κ1) is 18.6. The molecule has 0 atom stereocenters. The summed E-state index contributed by atoms with van der Waals surface area (Å²) in [4.78, 5) is 28.7. The zero-order chi connectivity index (χ0) is 17.4. The molecule has 1 aromatic rings. The van der Waals surface area contributed by atoms with Gasteiger partial charge in [0.15, 0.2) is 0 Å². The minimum Gasteiger partial charge on any atom is -0.502 e. The molecular weight excluding hydrogens is 305 g/mol. The van der Waals surface area contributed by atoms with Gasteiger partial charge in [0.05, 0.1) is 26.3 Å². The number of amides is 1. The number of benzene rings is 1. The van der Waals surface area contributed by atoms with Crippen molar-refractivity contribution in [2.75, 3.05) is 13.7 Å². The normalized spacial score (nSPS) is 11.4. The molecule has 126 valence electrons. The van der Waals surface area contributed by atoms with E-state index in [0.717, 1.165) is 18.2 Å². The summed E-state index contributed by atoms with van der Waals surface area (Å²) in [5, 5.41) is 10.4. The number of halogens is 1. The summed E-state index contributed by atoms with van der Waals surface area (Å²) >= 11 is 0. The number of methoxy groups -OCH3 is 1. The van der Waals surface area contributed by atoms with E-state index in [1.165, 1.54) is 24.3 Å². The number of esters is 1. The van der Waals surface area contributed by atoms with Gasteiger partial charge in [0.25, 0.3) is 5.91 Å². The van der Waals surface area contributed by atoms with Crippen LogP contribution in [-0.4, -0.2) is 35.8 Å². The van der Waals surface area contributed by atoms with Crippen molar-refractivity contribution >= 4 is 11.9 Å². The van der Waals surface area contributed by atoms with Crippen molar-refractivity contribution in [1.82, 2.24) is 5.06 Å². The minimum absolute atomic E-state index is 0.0385. The van der Waals surface area contributed by atoms with E-state index in [1.807, 2.05) is 13.8 Å². The second kappa shape index (κ2) is 8.89. The Morgan fingerprint density at radius 1 is 1.30 bits per heavy atom. The number of carbonyl (C=O) groups excluding carboxylic acids is 2. The molecule has 0 saturated carbocycles. The number of rotatable bonds is 7. The highest BCUT2D eigenvalue weighted by Gasteiger charge is 2.17. The van der Waals surface area contributed by atoms with Crippen LogP contribution in [0.5, 0.6) is 0 Å². The molecule has 1 amide bonds. The Bertz CT molecular complexity index is 568. The van der Waals surface area contributed by atoms with Crippen molar-refractivity contribution in [2.45, 2.75) is 20.4 Å². The molecule has 0 aliphatic rings. The maximum absolute atomic E-state index is 12.9. The van der Waals surface area contributed by atoms with E-state index < -0.39 is 23.5 Å². The van der Waals surface area contributed by atoms with Crippen molar-refractivity contribution in [1.29, 1.82) is 0 Å². The summed E-state index contributed by atoms with van der Waals surface area (Å²) in [6.07, 6.45) is 0.718. The Kier molecular flexibility index (Phi) is 7.21. The number of carbonyl (C=O) groups is 2. The van der Waals surface area contributed by atoms with Gasteiger partial charge >= 0.3 is 5.97 Å². The molecule has 0 aliphatic heterocycles. The molecule has 0 spiro atoms. The lowest BCUT2D eigenvalue weighted by molar-refractivity contribution is -0.188. The lowest BCUT2D eigenvalue weighted by Gasteiger charge is -2.22. The molecule has 0 aliphatic carbocycles. The third kappa shape index (κ3) is 6.48. The fourth-order valence-corrected chi connectivity index (χ4v) is 1.53. The monoisotopic (exact) mass is 325 g/mol. The fraction of sp³-hybridized carbons (Fsp3) is 0.375. The van der Waals surface area contributed by atoms with Gasteiger partial charge in [-0.15, -0.1) is 0 Å². The van der Waals surface area contributed by atoms with E-state index in [9.17, 15) is 19.1 Å². The predicted molar refractivity (Wildman–Crippen MR) is 80.5 cm³/mol. The number of nitrogens with zero attached hydrogens (tertiary/aromatic N) is 1. The van der Waals surface area contributed by atoms with E-state index in [0.29, 0.717) is 5.56 Å². The molecule has 23 heavy (non-hydrogen) atoms. The fourth-order valence-electron chi connectivity index (χ4n) is 1.53. The third-order valence-electron chi connectivity index (χ3n) is 2.70. The summed E-state index contributed by atoms with van der Waals surface area (Å²) in [7, 11) is 1.09. The Morgan fingerprint density at radius 3 is 2.43 bits per heavy atom. The Balaban J connectivity index is 2.88. The van der Waals surface area contributed by atoms with Gasteiger partial charge in [-0.2, -0.15) is 0 Å². The summed E-state index contributed by atoms with van der Waals surface area (Å²) in [5.41, 5.74) is 0.634. The minimum atomic E-state index is -1.02. The van der Waals surface area contributed by atoms with Gasteiger partial charge in [-0.1, -0.05) is 26.0 Å². The van der Waals surface area contributed by atoms with Crippen LogP contribution in [0.15, 0.2) is 36.1 Å². The highest BCUT2D eigenvalue weighted by atomic mass is 19.1. The summed E-state index contributed by atoms with van der Waals surface area (Å²) in [6.45, 7) is 4.11. The standard InChI is InChI=1S/C16H20FNO5/c1-11(2)10-23-18(9-12-4-6-13(17)7-5-12)15(20)8-14(19)16(21)22-3/h4-8,11,19H,9-10H2,1-3H3. The zero-order valence-corrected chi connectivity index (χ0v) is 13.3. The Morgan fingerprint density at radius 2 is 1.91 bits per heavy atom. The van der Waals surface area contributed by atoms with Crippen LogP contribution in [0.1, 0.15) is 19.4 Å². The first-order chi connectivity index (χ1) is 10.8. The van der Waals surface area contributed by atoms with Gasteiger partial charge in [0.1, 0.15) is 5.82 Å². The molecule has 0 radical (unpaired) electrons. The summed E-state index contributed by atoms with van der Waals surface area (Å²) in [5.74, 6) is -2.80. The van der Waals surface area contributed by atoms with Crippen molar-refractivity contribution < 1.29 is 28.7 Å². The molecule has 6 nitrogen and oxygen atoms in total. The lowest BCUT2D eigenvalue weighted by atomic mass is 10.2. The van der Waals surface area contributed by atoms with Crippen LogP contribution in [-0.2, 0) is 25.7 Å². The van der Waals surface area contributed by atoms with Gasteiger partial charge in [-0.3, -0.25) is 9.63 Å². The average Bonchev–Trinajstić information content (AvgIpc) is 2.51. The van der Waals surface area contributed by atoms with Gasteiger partial charge in [0.2, 0.25) is 5.76 Å². The average molecular weight is 325 g/mol.